The summed E-state index contributed by atoms with van der Waals surface area (Å²) in [5.41, 5.74) is 6.34. The van der Waals surface area contributed by atoms with Crippen LogP contribution in [0, 0.1) is 0 Å². The van der Waals surface area contributed by atoms with E-state index in [1.54, 1.807) is 30.8 Å². The molecule has 4 nitrogen and oxygen atoms in total. The molecule has 0 spiro atoms. The molecule has 0 aliphatic carbocycles. The average Bonchev–Trinajstić information content (AvgIpc) is 2.37. The fourth-order valence-corrected chi connectivity index (χ4v) is 2.04. The lowest BCUT2D eigenvalue weighted by Crippen LogP contribution is -2.32. The number of benzene rings is 1. The van der Waals surface area contributed by atoms with Gasteiger partial charge in [0.1, 0.15) is 5.75 Å². The maximum atomic E-state index is 11.4. The number of rotatable bonds is 5. The van der Waals surface area contributed by atoms with Crippen LogP contribution in [0.4, 0.5) is 0 Å². The SMILES string of the molecule is COc1cc(CN(C)C(=O)CN)ccc1SC. The van der Waals surface area contributed by atoms with E-state index in [4.69, 9.17) is 10.5 Å². The molecule has 1 aromatic carbocycles. The van der Waals surface area contributed by atoms with Crippen molar-refractivity contribution in [2.75, 3.05) is 27.0 Å². The Balaban J connectivity index is 2.82. The number of nitrogens with zero attached hydrogens (tertiary/aromatic N) is 1. The van der Waals surface area contributed by atoms with Crippen molar-refractivity contribution in [1.82, 2.24) is 4.90 Å². The molecule has 0 saturated carbocycles. The fourth-order valence-electron chi connectivity index (χ4n) is 1.50. The van der Waals surface area contributed by atoms with Crippen LogP contribution in [0.5, 0.6) is 5.75 Å². The normalized spacial score (nSPS) is 10.1. The first-order valence-corrected chi connectivity index (χ1v) is 6.49. The van der Waals surface area contributed by atoms with Gasteiger partial charge in [0.05, 0.1) is 13.7 Å². The van der Waals surface area contributed by atoms with E-state index in [2.05, 4.69) is 0 Å². The predicted octanol–water partition coefficient (Wildman–Crippen LogP) is 1.33. The molecule has 0 radical (unpaired) electrons. The van der Waals surface area contributed by atoms with E-state index in [9.17, 15) is 4.79 Å². The number of ether oxygens (including phenoxy) is 1. The first-order valence-electron chi connectivity index (χ1n) is 5.27. The quantitative estimate of drug-likeness (QED) is 0.806. The van der Waals surface area contributed by atoms with Gasteiger partial charge in [-0.05, 0) is 24.0 Å². The lowest BCUT2D eigenvalue weighted by Gasteiger charge is -2.17. The summed E-state index contributed by atoms with van der Waals surface area (Å²) >= 11 is 1.63. The van der Waals surface area contributed by atoms with E-state index in [1.165, 1.54) is 0 Å². The van der Waals surface area contributed by atoms with Gasteiger partial charge < -0.3 is 15.4 Å². The summed E-state index contributed by atoms with van der Waals surface area (Å²) in [6, 6.07) is 5.94. The van der Waals surface area contributed by atoms with E-state index < -0.39 is 0 Å². The van der Waals surface area contributed by atoms with Gasteiger partial charge in [-0.15, -0.1) is 11.8 Å². The van der Waals surface area contributed by atoms with Crippen LogP contribution in [0.3, 0.4) is 0 Å². The number of thioether (sulfide) groups is 1. The summed E-state index contributed by atoms with van der Waals surface area (Å²) in [4.78, 5) is 14.1. The van der Waals surface area contributed by atoms with Gasteiger partial charge in [0.15, 0.2) is 0 Å². The number of nitrogens with two attached hydrogens (primary N) is 1. The molecule has 1 aromatic rings. The van der Waals surface area contributed by atoms with Crippen molar-refractivity contribution < 1.29 is 9.53 Å². The summed E-state index contributed by atoms with van der Waals surface area (Å²) in [5.74, 6) is 0.765. The van der Waals surface area contributed by atoms with Crippen LogP contribution in [0.2, 0.25) is 0 Å². The second-order valence-corrected chi connectivity index (χ2v) is 4.49. The van der Waals surface area contributed by atoms with E-state index in [1.807, 2.05) is 24.5 Å². The van der Waals surface area contributed by atoms with Gasteiger partial charge in [-0.2, -0.15) is 0 Å². The molecule has 0 atom stereocenters. The van der Waals surface area contributed by atoms with Crippen LogP contribution in [0.25, 0.3) is 0 Å². The molecule has 0 saturated heterocycles. The molecule has 0 fully saturated rings. The van der Waals surface area contributed by atoms with Gasteiger partial charge in [0.2, 0.25) is 5.91 Å². The van der Waals surface area contributed by atoms with Crippen molar-refractivity contribution in [1.29, 1.82) is 0 Å². The van der Waals surface area contributed by atoms with Crippen molar-refractivity contribution in [3.63, 3.8) is 0 Å². The van der Waals surface area contributed by atoms with E-state index >= 15 is 0 Å². The molecule has 0 bridgehead atoms. The third-order valence-corrected chi connectivity index (χ3v) is 3.25. The lowest BCUT2D eigenvalue weighted by atomic mass is 10.2. The molecular weight excluding hydrogens is 236 g/mol. The molecule has 1 amide bonds. The van der Waals surface area contributed by atoms with Crippen LogP contribution in [0.1, 0.15) is 5.56 Å². The molecule has 2 N–H and O–H groups in total. The Labute approximate surface area is 106 Å². The number of hydrogen-bond acceptors (Lipinski definition) is 4. The zero-order valence-electron chi connectivity index (χ0n) is 10.4. The smallest absolute Gasteiger partial charge is 0.236 e. The van der Waals surface area contributed by atoms with Crippen LogP contribution in [-0.2, 0) is 11.3 Å². The minimum absolute atomic E-state index is 0.0382. The number of hydrogen-bond donors (Lipinski definition) is 1. The Bertz CT molecular complexity index is 396. The predicted molar refractivity (Wildman–Crippen MR) is 70.3 cm³/mol. The molecule has 0 aromatic heterocycles. The molecule has 5 heteroatoms. The van der Waals surface area contributed by atoms with Gasteiger partial charge in [-0.25, -0.2) is 0 Å². The maximum Gasteiger partial charge on any atom is 0.236 e. The molecule has 0 unspecified atom stereocenters. The number of carbonyl (C=O) groups excluding carboxylic acids is 1. The molecule has 0 heterocycles. The van der Waals surface area contributed by atoms with E-state index in [-0.39, 0.29) is 12.5 Å². The number of carbonyl (C=O) groups is 1. The third kappa shape index (κ3) is 3.64. The molecule has 0 aliphatic heterocycles. The first-order chi connectivity index (χ1) is 8.12. The Hall–Kier alpha value is -1.20. The summed E-state index contributed by atoms with van der Waals surface area (Å²) in [6.45, 7) is 0.581. The highest BCUT2D eigenvalue weighted by Gasteiger charge is 2.09. The van der Waals surface area contributed by atoms with Crippen molar-refractivity contribution in [3.8, 4) is 5.75 Å². The highest BCUT2D eigenvalue weighted by molar-refractivity contribution is 7.98. The number of methoxy groups -OCH3 is 1. The second-order valence-electron chi connectivity index (χ2n) is 3.64. The van der Waals surface area contributed by atoms with Crippen LogP contribution < -0.4 is 10.5 Å². The Morgan fingerprint density at radius 3 is 2.76 bits per heavy atom. The highest BCUT2D eigenvalue weighted by Crippen LogP contribution is 2.28. The second kappa shape index (κ2) is 6.51. The summed E-state index contributed by atoms with van der Waals surface area (Å²) in [5, 5.41) is 0. The number of likely N-dealkylation sites (N-methyl/N-ethyl adjacent to an activating group) is 1. The lowest BCUT2D eigenvalue weighted by molar-refractivity contribution is -0.128. The van der Waals surface area contributed by atoms with Crippen molar-refractivity contribution in [2.24, 2.45) is 5.73 Å². The van der Waals surface area contributed by atoms with Crippen molar-refractivity contribution in [2.45, 2.75) is 11.4 Å². The van der Waals surface area contributed by atoms with Gasteiger partial charge in [0.25, 0.3) is 0 Å². The topological polar surface area (TPSA) is 55.6 Å². The van der Waals surface area contributed by atoms with E-state index in [0.717, 1.165) is 16.2 Å². The Kier molecular flexibility index (Phi) is 5.31. The largest absolute Gasteiger partial charge is 0.496 e. The standard InChI is InChI=1S/C12H18N2O2S/c1-14(12(15)7-13)8-9-4-5-11(17-3)10(6-9)16-2/h4-6H,7-8,13H2,1-3H3. The average molecular weight is 254 g/mol. The zero-order chi connectivity index (χ0) is 12.8. The van der Waals surface area contributed by atoms with Gasteiger partial charge in [0, 0.05) is 18.5 Å². The Morgan fingerprint density at radius 2 is 2.24 bits per heavy atom. The molecule has 1 rings (SSSR count). The molecule has 94 valence electrons. The van der Waals surface area contributed by atoms with Crippen molar-refractivity contribution >= 4 is 17.7 Å². The summed E-state index contributed by atoms with van der Waals surface area (Å²) in [7, 11) is 3.39. The zero-order valence-corrected chi connectivity index (χ0v) is 11.2. The van der Waals surface area contributed by atoms with Crippen molar-refractivity contribution in [3.05, 3.63) is 23.8 Å². The molecule has 17 heavy (non-hydrogen) atoms. The minimum Gasteiger partial charge on any atom is -0.496 e. The highest BCUT2D eigenvalue weighted by atomic mass is 32.2. The maximum absolute atomic E-state index is 11.4. The Morgan fingerprint density at radius 1 is 1.53 bits per heavy atom. The monoisotopic (exact) mass is 254 g/mol. The first kappa shape index (κ1) is 13.9. The molecular formula is C12H18N2O2S. The van der Waals surface area contributed by atoms with E-state index in [0.29, 0.717) is 6.54 Å². The molecule has 0 aliphatic rings. The summed E-state index contributed by atoms with van der Waals surface area (Å²) < 4.78 is 5.30. The van der Waals surface area contributed by atoms with Crippen LogP contribution in [0.15, 0.2) is 23.1 Å². The summed E-state index contributed by atoms with van der Waals surface area (Å²) in [6.07, 6.45) is 2.00. The van der Waals surface area contributed by atoms with Gasteiger partial charge in [-0.3, -0.25) is 4.79 Å². The minimum atomic E-state index is -0.0714. The van der Waals surface area contributed by atoms with Gasteiger partial charge in [-0.1, -0.05) is 6.07 Å². The third-order valence-electron chi connectivity index (χ3n) is 2.47. The number of amides is 1. The van der Waals surface area contributed by atoms with Crippen LogP contribution >= 0.6 is 11.8 Å². The van der Waals surface area contributed by atoms with Crippen LogP contribution in [-0.4, -0.2) is 37.8 Å². The van der Waals surface area contributed by atoms with Gasteiger partial charge >= 0.3 is 0 Å². The fraction of sp³-hybridized carbons (Fsp3) is 0.417.